The molecule has 0 aliphatic heterocycles. The molecule has 0 saturated carbocycles. The van der Waals surface area contributed by atoms with Gasteiger partial charge in [-0.1, -0.05) is 36.4 Å². The number of rotatable bonds is 20. The van der Waals surface area contributed by atoms with Crippen molar-refractivity contribution in [2.24, 2.45) is 4.99 Å². The maximum absolute atomic E-state index is 13.6. The molecular weight excluding hydrogens is 797 g/mol. The van der Waals surface area contributed by atoms with E-state index in [2.05, 4.69) is 30.8 Å². The topological polar surface area (TPSA) is 234 Å². The molecule has 5 N–H and O–H groups in total. The van der Waals surface area contributed by atoms with Crippen LogP contribution in [0, 0.1) is 13.8 Å². The fraction of sp³-hybridized carbons (Fsp3) is 0.317. The third-order valence-corrected chi connectivity index (χ3v) is 10.8. The van der Waals surface area contributed by atoms with Gasteiger partial charge in [0.15, 0.2) is 5.49 Å². The van der Waals surface area contributed by atoms with Gasteiger partial charge in [0.05, 0.1) is 43.4 Å². The van der Waals surface area contributed by atoms with E-state index in [1.807, 2.05) is 30.3 Å². The van der Waals surface area contributed by atoms with Crippen LogP contribution in [0.2, 0.25) is 0 Å². The Morgan fingerprint density at radius 3 is 2.38 bits per heavy atom. The minimum absolute atomic E-state index is 0.0680. The van der Waals surface area contributed by atoms with Crippen LogP contribution in [-0.2, 0) is 42.2 Å². The molecule has 1 atom stereocenters. The van der Waals surface area contributed by atoms with Crippen molar-refractivity contribution in [1.82, 2.24) is 35.2 Å². The molecular formula is C41H48N8O10S. The van der Waals surface area contributed by atoms with Crippen molar-refractivity contribution in [3.8, 4) is 5.75 Å². The van der Waals surface area contributed by atoms with Gasteiger partial charge in [0.2, 0.25) is 15.9 Å². The molecule has 0 radical (unpaired) electrons. The number of ether oxygens (including phenoxy) is 3. The number of benzene rings is 3. The monoisotopic (exact) mass is 844 g/mol. The normalized spacial score (nSPS) is 12.1. The second-order valence-electron chi connectivity index (χ2n) is 13.5. The minimum Gasteiger partial charge on any atom is -0.494 e. The molecule has 318 valence electrons. The number of nitrogens with one attached hydrogen (secondary N) is 4. The Bertz CT molecular complexity index is 2450. The van der Waals surface area contributed by atoms with Gasteiger partial charge in [-0.05, 0) is 79.4 Å². The number of aromatic nitrogens is 3. The van der Waals surface area contributed by atoms with E-state index in [-0.39, 0.29) is 49.1 Å². The lowest BCUT2D eigenvalue weighted by atomic mass is 10.1. The van der Waals surface area contributed by atoms with Crippen LogP contribution in [-0.4, -0.2) is 98.0 Å². The number of carbonyl (C=O) groups is 4. The maximum atomic E-state index is 13.6. The Hall–Kier alpha value is -6.73. The van der Waals surface area contributed by atoms with E-state index < -0.39 is 40.6 Å². The Morgan fingerprint density at radius 1 is 0.917 bits per heavy atom. The molecule has 3 aromatic carbocycles. The van der Waals surface area contributed by atoms with E-state index in [4.69, 9.17) is 14.2 Å². The van der Waals surface area contributed by atoms with Crippen LogP contribution < -0.4 is 30.9 Å². The summed E-state index contributed by atoms with van der Waals surface area (Å²) in [6, 6.07) is 20.9. The maximum Gasteiger partial charge on any atom is 0.407 e. The number of esters is 1. The molecule has 0 aliphatic rings. The van der Waals surface area contributed by atoms with Crippen LogP contribution in [0.15, 0.2) is 101 Å². The molecule has 2 aromatic heterocycles. The fourth-order valence-corrected chi connectivity index (χ4v) is 7.78. The second-order valence-corrected chi connectivity index (χ2v) is 15.2. The van der Waals surface area contributed by atoms with Crippen LogP contribution in [0.4, 0.5) is 4.79 Å². The lowest BCUT2D eigenvalue weighted by molar-refractivity contribution is -0.142. The first kappa shape index (κ1) is 44.4. The van der Waals surface area contributed by atoms with Gasteiger partial charge in [-0.3, -0.25) is 24.1 Å². The van der Waals surface area contributed by atoms with Gasteiger partial charge >= 0.3 is 12.1 Å². The summed E-state index contributed by atoms with van der Waals surface area (Å²) in [7, 11) is -3.19. The number of pyridine rings is 1. The Kier molecular flexibility index (Phi) is 15.8. The van der Waals surface area contributed by atoms with Gasteiger partial charge in [-0.2, -0.15) is 14.6 Å². The van der Waals surface area contributed by atoms with Crippen molar-refractivity contribution in [3.63, 3.8) is 0 Å². The number of amides is 3. The molecule has 5 rings (SSSR count). The van der Waals surface area contributed by atoms with Gasteiger partial charge < -0.3 is 35.4 Å². The number of aryl methyl sites for hydroxylation is 2. The number of fused-ring (bicyclic) bond motifs is 1. The summed E-state index contributed by atoms with van der Waals surface area (Å²) in [5.41, 5.74) is 2.96. The summed E-state index contributed by atoms with van der Waals surface area (Å²) in [6.45, 7) is 4.26. The van der Waals surface area contributed by atoms with E-state index in [0.29, 0.717) is 47.3 Å². The molecule has 0 bridgehead atoms. The van der Waals surface area contributed by atoms with Crippen molar-refractivity contribution in [3.05, 3.63) is 119 Å². The number of hydrogen-bond donors (Lipinski definition) is 5. The number of carbonyl (C=O) groups excluding carboxylic acids is 4. The quantitative estimate of drug-likeness (QED) is 0.0434. The Morgan fingerprint density at radius 2 is 1.65 bits per heavy atom. The molecule has 3 amide bonds. The summed E-state index contributed by atoms with van der Waals surface area (Å²) in [6.07, 6.45) is 3.03. The molecule has 18 nitrogen and oxygen atoms in total. The molecule has 0 unspecified atom stereocenters. The zero-order valence-corrected chi connectivity index (χ0v) is 34.2. The van der Waals surface area contributed by atoms with E-state index >= 15 is 0 Å². The van der Waals surface area contributed by atoms with Crippen molar-refractivity contribution in [1.29, 1.82) is 0 Å². The zero-order chi connectivity index (χ0) is 43.1. The number of methoxy groups -OCH3 is 1. The van der Waals surface area contributed by atoms with Crippen molar-refractivity contribution in [2.75, 3.05) is 39.9 Å². The van der Waals surface area contributed by atoms with Crippen molar-refractivity contribution >= 4 is 44.8 Å². The van der Waals surface area contributed by atoms with E-state index in [0.717, 1.165) is 22.9 Å². The summed E-state index contributed by atoms with van der Waals surface area (Å²) >= 11 is 0. The lowest BCUT2D eigenvalue weighted by Crippen LogP contribution is -2.49. The van der Waals surface area contributed by atoms with Crippen molar-refractivity contribution in [2.45, 2.75) is 50.8 Å². The predicted molar refractivity (Wildman–Crippen MR) is 219 cm³/mol. The highest BCUT2D eigenvalue weighted by Gasteiger charge is 2.29. The van der Waals surface area contributed by atoms with Crippen LogP contribution in [0.3, 0.4) is 0 Å². The van der Waals surface area contributed by atoms with Crippen LogP contribution in [0.25, 0.3) is 10.9 Å². The third kappa shape index (κ3) is 12.6. The summed E-state index contributed by atoms with van der Waals surface area (Å²) in [4.78, 5) is 54.3. The number of alkyl carbamates (subject to hydrolysis) is 1. The van der Waals surface area contributed by atoms with Gasteiger partial charge in [0, 0.05) is 43.2 Å². The predicted octanol–water partition coefficient (Wildman–Crippen LogP) is 2.74. The Balaban J connectivity index is 1.08. The second kappa shape index (κ2) is 21.3. The van der Waals surface area contributed by atoms with Gasteiger partial charge in [-0.25, -0.2) is 13.2 Å². The zero-order valence-electron chi connectivity index (χ0n) is 33.4. The SMILES string of the molecule is COC(=O)[C@H](CNC(=O)c1ccc2c(cnn2CCN=c2ccccn2O)c1)NS(=O)(=O)c1c(C)cc(OCCCC(=O)NCCNC(=O)OCc2ccccc2)cc1C. The Labute approximate surface area is 346 Å². The number of hydrogen-bond acceptors (Lipinski definition) is 12. The molecule has 0 saturated heterocycles. The first-order valence-corrected chi connectivity index (χ1v) is 20.5. The minimum atomic E-state index is -4.31. The molecule has 19 heteroatoms. The highest BCUT2D eigenvalue weighted by Crippen LogP contribution is 2.26. The van der Waals surface area contributed by atoms with Crippen molar-refractivity contribution < 1.29 is 47.0 Å². The average molecular weight is 845 g/mol. The molecule has 2 heterocycles. The van der Waals surface area contributed by atoms with E-state index in [9.17, 15) is 32.8 Å². The number of nitrogens with zero attached hydrogens (tertiary/aromatic N) is 4. The van der Waals surface area contributed by atoms with Crippen LogP contribution in [0.1, 0.15) is 39.9 Å². The fourth-order valence-electron chi connectivity index (χ4n) is 6.14. The first-order valence-electron chi connectivity index (χ1n) is 19.0. The van der Waals surface area contributed by atoms with Gasteiger partial charge in [-0.15, -0.1) is 0 Å². The van der Waals surface area contributed by atoms with Crippen LogP contribution in [0.5, 0.6) is 5.75 Å². The smallest absolute Gasteiger partial charge is 0.407 e. The number of sulfonamides is 1. The summed E-state index contributed by atoms with van der Waals surface area (Å²) in [5, 5.41) is 22.8. The first-order chi connectivity index (χ1) is 28.8. The average Bonchev–Trinajstić information content (AvgIpc) is 3.64. The lowest BCUT2D eigenvalue weighted by Gasteiger charge is -2.20. The summed E-state index contributed by atoms with van der Waals surface area (Å²) in [5.74, 6) is -1.29. The van der Waals surface area contributed by atoms with Gasteiger partial charge in [0.25, 0.3) is 5.91 Å². The third-order valence-electron chi connectivity index (χ3n) is 9.01. The highest BCUT2D eigenvalue weighted by atomic mass is 32.2. The molecule has 5 aromatic rings. The molecule has 60 heavy (non-hydrogen) atoms. The standard InChI is InChI=1S/C41H48N8O10S/c1-28-22-33(58-21-9-13-37(50)43-16-17-44-41(53)59-27-30-10-5-4-6-11-30)23-29(2)38(28)60(55,56)47-34(40(52)57-3)26-45-39(51)31-14-15-35-32(24-31)25-46-48(35)20-18-42-36-12-7-8-19-49(36)54/h4-8,10-12,14-15,19,22-25,34,47,54H,9,13,16-18,20-21,26-27H2,1-3H3,(H,43,50)(H,44,53)(H,45,51)/t34-/m0/s1. The molecule has 0 spiro atoms. The summed E-state index contributed by atoms with van der Waals surface area (Å²) < 4.78 is 48.1. The van der Waals surface area contributed by atoms with E-state index in [1.165, 1.54) is 6.20 Å². The van der Waals surface area contributed by atoms with E-state index in [1.54, 1.807) is 73.3 Å². The molecule has 0 aliphatic carbocycles. The largest absolute Gasteiger partial charge is 0.494 e. The molecule has 0 fully saturated rings. The van der Waals surface area contributed by atoms with Gasteiger partial charge in [0.1, 0.15) is 18.4 Å². The highest BCUT2D eigenvalue weighted by molar-refractivity contribution is 7.89. The van der Waals surface area contributed by atoms with Crippen LogP contribution >= 0.6 is 0 Å².